The van der Waals surface area contributed by atoms with Crippen molar-refractivity contribution in [2.45, 2.75) is 26.3 Å². The average molecular weight is 599 g/mol. The third-order valence-corrected chi connectivity index (χ3v) is 7.69. The molecular weight excluding hydrogens is 560 g/mol. The van der Waals surface area contributed by atoms with Gasteiger partial charge in [-0.3, -0.25) is 9.69 Å². The molecule has 0 aliphatic heterocycles. The van der Waals surface area contributed by atoms with Crippen LogP contribution in [-0.4, -0.2) is 38.2 Å². The summed E-state index contributed by atoms with van der Waals surface area (Å²) in [5.41, 5.74) is 6.61. The van der Waals surface area contributed by atoms with Gasteiger partial charge in [0.2, 0.25) is 0 Å². The fourth-order valence-electron chi connectivity index (χ4n) is 5.22. The van der Waals surface area contributed by atoms with Gasteiger partial charge in [0.05, 0.1) is 13.7 Å². The predicted molar refractivity (Wildman–Crippen MR) is 181 cm³/mol. The maximum atomic E-state index is 13.8. The Balaban J connectivity index is 1.31. The van der Waals surface area contributed by atoms with Crippen LogP contribution in [0.4, 0.5) is 17.1 Å². The molecule has 0 aliphatic rings. The third kappa shape index (κ3) is 7.98. The van der Waals surface area contributed by atoms with Gasteiger partial charge in [0.1, 0.15) is 18.4 Å². The Hall–Kier alpha value is -5.36. The average Bonchev–Trinajstić information content (AvgIpc) is 3.08. The molecule has 0 saturated heterocycles. The second kappa shape index (κ2) is 14.9. The smallest absolute Gasteiger partial charge is 0.329 e. The second-order valence-electron chi connectivity index (χ2n) is 10.9. The highest BCUT2D eigenvalue weighted by Crippen LogP contribution is 2.27. The molecule has 1 unspecified atom stereocenters. The van der Waals surface area contributed by atoms with Gasteiger partial charge in [0, 0.05) is 29.0 Å². The topological polar surface area (TPSA) is 59.1 Å². The first-order chi connectivity index (χ1) is 21.9. The van der Waals surface area contributed by atoms with E-state index in [2.05, 4.69) is 67.3 Å². The first-order valence-corrected chi connectivity index (χ1v) is 15.1. The Kier molecular flexibility index (Phi) is 10.3. The molecule has 1 amide bonds. The number of para-hydroxylation sites is 1. The molecule has 0 fully saturated rings. The Morgan fingerprint density at radius 3 is 1.71 bits per heavy atom. The number of carbonyl (C=O) groups is 2. The zero-order valence-corrected chi connectivity index (χ0v) is 25.9. The van der Waals surface area contributed by atoms with E-state index in [-0.39, 0.29) is 12.3 Å². The zero-order chi connectivity index (χ0) is 31.6. The van der Waals surface area contributed by atoms with Crippen LogP contribution in [0.2, 0.25) is 0 Å². The van der Waals surface area contributed by atoms with Crippen LogP contribution in [0.5, 0.6) is 5.75 Å². The number of aryl methyl sites for hydroxylation is 2. The van der Waals surface area contributed by atoms with Gasteiger partial charge in [-0.05, 0) is 80.1 Å². The number of carbonyl (C=O) groups excluding carboxylic acids is 2. The summed E-state index contributed by atoms with van der Waals surface area (Å²) in [4.78, 5) is 30.7. The first-order valence-electron chi connectivity index (χ1n) is 15.1. The molecule has 5 rings (SSSR count). The van der Waals surface area contributed by atoms with E-state index in [0.29, 0.717) is 24.4 Å². The van der Waals surface area contributed by atoms with E-state index in [0.717, 1.165) is 22.7 Å². The van der Waals surface area contributed by atoms with Crippen molar-refractivity contribution in [3.63, 3.8) is 0 Å². The highest BCUT2D eigenvalue weighted by atomic mass is 16.5. The van der Waals surface area contributed by atoms with E-state index in [9.17, 15) is 9.59 Å². The first kappa shape index (κ1) is 31.1. The van der Waals surface area contributed by atoms with Gasteiger partial charge < -0.3 is 14.4 Å². The molecule has 6 heteroatoms. The van der Waals surface area contributed by atoms with E-state index in [1.807, 2.05) is 72.8 Å². The maximum Gasteiger partial charge on any atom is 0.329 e. The van der Waals surface area contributed by atoms with Gasteiger partial charge in [0.15, 0.2) is 0 Å². The lowest BCUT2D eigenvalue weighted by molar-refractivity contribution is -0.142. The van der Waals surface area contributed by atoms with E-state index in [1.54, 1.807) is 12.1 Å². The zero-order valence-electron chi connectivity index (χ0n) is 25.9. The molecular formula is C39H38N2O4. The summed E-state index contributed by atoms with van der Waals surface area (Å²) >= 11 is 0. The summed E-state index contributed by atoms with van der Waals surface area (Å²) in [5, 5.41) is 0. The number of nitrogens with zero attached hydrogens (tertiary/aromatic N) is 2. The fraction of sp³-hybridized carbons (Fsp3) is 0.179. The summed E-state index contributed by atoms with van der Waals surface area (Å²) in [7, 11) is 1.35. The van der Waals surface area contributed by atoms with Gasteiger partial charge in [-0.15, -0.1) is 0 Å². The molecule has 0 bridgehead atoms. The molecule has 228 valence electrons. The molecule has 0 aromatic heterocycles. The summed E-state index contributed by atoms with van der Waals surface area (Å²) in [6, 6.07) is 42.0. The minimum atomic E-state index is -0.866. The Morgan fingerprint density at radius 2 is 1.18 bits per heavy atom. The van der Waals surface area contributed by atoms with Gasteiger partial charge in [-0.1, -0.05) is 83.9 Å². The number of ether oxygens (including phenoxy) is 2. The van der Waals surface area contributed by atoms with Crippen LogP contribution >= 0.6 is 0 Å². The number of amides is 1. The lowest BCUT2D eigenvalue weighted by Crippen LogP contribution is -2.47. The summed E-state index contributed by atoms with van der Waals surface area (Å²) in [6.45, 7) is 5.30. The Bertz CT molecular complexity index is 1620. The predicted octanol–water partition coefficient (Wildman–Crippen LogP) is 7.95. The number of methoxy groups -OCH3 is 1. The summed E-state index contributed by atoms with van der Waals surface area (Å²) in [6.07, 6.45) is 0.273. The molecule has 1 atom stereocenters. The minimum absolute atomic E-state index is 0.273. The quantitative estimate of drug-likeness (QED) is 0.136. The van der Waals surface area contributed by atoms with Crippen LogP contribution in [0.1, 0.15) is 27.0 Å². The van der Waals surface area contributed by atoms with E-state index in [4.69, 9.17) is 9.47 Å². The highest BCUT2D eigenvalue weighted by molar-refractivity contribution is 6.09. The van der Waals surface area contributed by atoms with Gasteiger partial charge in [0.25, 0.3) is 5.91 Å². The molecule has 6 nitrogen and oxygen atoms in total. The molecule has 0 radical (unpaired) electrons. The Labute approximate surface area is 265 Å². The highest BCUT2D eigenvalue weighted by Gasteiger charge is 2.33. The van der Waals surface area contributed by atoms with Crippen molar-refractivity contribution in [3.8, 4) is 5.75 Å². The van der Waals surface area contributed by atoms with Gasteiger partial charge in [-0.2, -0.15) is 0 Å². The second-order valence-corrected chi connectivity index (χ2v) is 10.9. The number of rotatable bonds is 12. The maximum absolute atomic E-state index is 13.8. The largest absolute Gasteiger partial charge is 0.492 e. The SMILES string of the molecule is COC(=O)C(Cc1ccc(OCCN(c2ccc(C)cc2)c2ccc(C)cc2)cc1)N(C(=O)c1ccccc1)c1ccccc1. The van der Waals surface area contributed by atoms with Crippen LogP contribution in [-0.2, 0) is 16.0 Å². The monoisotopic (exact) mass is 598 g/mol. The van der Waals surface area contributed by atoms with Crippen molar-refractivity contribution >= 4 is 28.9 Å². The summed E-state index contributed by atoms with van der Waals surface area (Å²) in [5.74, 6) is -0.0407. The van der Waals surface area contributed by atoms with Crippen LogP contribution in [0.3, 0.4) is 0 Å². The molecule has 0 saturated carbocycles. The van der Waals surface area contributed by atoms with Crippen molar-refractivity contribution < 1.29 is 19.1 Å². The van der Waals surface area contributed by atoms with Crippen molar-refractivity contribution in [1.82, 2.24) is 0 Å². The normalized spacial score (nSPS) is 11.4. The van der Waals surface area contributed by atoms with E-state index >= 15 is 0 Å². The van der Waals surface area contributed by atoms with Crippen molar-refractivity contribution in [2.75, 3.05) is 30.1 Å². The van der Waals surface area contributed by atoms with Gasteiger partial charge in [-0.25, -0.2) is 4.79 Å². The molecule has 5 aromatic rings. The molecule has 5 aromatic carbocycles. The number of anilines is 3. The molecule has 45 heavy (non-hydrogen) atoms. The van der Waals surface area contributed by atoms with Crippen LogP contribution in [0.15, 0.2) is 133 Å². The molecule has 0 aliphatic carbocycles. The molecule has 0 N–H and O–H groups in total. The van der Waals surface area contributed by atoms with E-state index in [1.165, 1.54) is 23.1 Å². The third-order valence-electron chi connectivity index (χ3n) is 7.69. The van der Waals surface area contributed by atoms with Crippen molar-refractivity contribution in [2.24, 2.45) is 0 Å². The number of hydrogen-bond donors (Lipinski definition) is 0. The van der Waals surface area contributed by atoms with Crippen molar-refractivity contribution in [3.05, 3.63) is 156 Å². The van der Waals surface area contributed by atoms with Crippen LogP contribution < -0.4 is 14.5 Å². The van der Waals surface area contributed by atoms with Crippen LogP contribution in [0, 0.1) is 13.8 Å². The van der Waals surface area contributed by atoms with Crippen LogP contribution in [0.25, 0.3) is 0 Å². The summed E-state index contributed by atoms with van der Waals surface area (Å²) < 4.78 is 11.4. The molecule has 0 heterocycles. The minimum Gasteiger partial charge on any atom is -0.492 e. The van der Waals surface area contributed by atoms with Crippen molar-refractivity contribution in [1.29, 1.82) is 0 Å². The lowest BCUT2D eigenvalue weighted by Gasteiger charge is -2.30. The van der Waals surface area contributed by atoms with E-state index < -0.39 is 12.0 Å². The fourth-order valence-corrected chi connectivity index (χ4v) is 5.22. The standard InChI is InChI=1S/C39H38N2O4/c1-29-14-20-33(21-15-29)40(34-22-16-30(2)17-23-34)26-27-45-36-24-18-31(19-25-36)28-37(39(43)44-3)41(35-12-8-5-9-13-35)38(42)32-10-6-4-7-11-32/h4-25,37H,26-28H2,1-3H3. The number of esters is 1. The van der Waals surface area contributed by atoms with Gasteiger partial charge >= 0.3 is 5.97 Å². The number of benzene rings is 5. The number of hydrogen-bond acceptors (Lipinski definition) is 5. The molecule has 0 spiro atoms. The Morgan fingerprint density at radius 1 is 0.644 bits per heavy atom. The lowest BCUT2D eigenvalue weighted by atomic mass is 10.0.